The lowest BCUT2D eigenvalue weighted by molar-refractivity contribution is -0.143. The second-order valence-corrected chi connectivity index (χ2v) is 5.82. The van der Waals surface area contributed by atoms with Crippen LogP contribution in [0.4, 0.5) is 13.2 Å². The summed E-state index contributed by atoms with van der Waals surface area (Å²) in [6.45, 7) is 4.66. The molecule has 1 aliphatic heterocycles. The summed E-state index contributed by atoms with van der Waals surface area (Å²) in [5.74, 6) is 0.818. The lowest BCUT2D eigenvalue weighted by Crippen LogP contribution is -2.47. The van der Waals surface area contributed by atoms with E-state index in [1.54, 1.807) is 7.05 Å². The SMILES string of the molecule is CCOC1CCN(C(=NC)NCCCN(C)CC(F)(F)F)CC1. The minimum atomic E-state index is -4.14. The molecule has 0 spiro atoms. The van der Waals surface area contributed by atoms with Crippen molar-refractivity contribution in [3.63, 3.8) is 0 Å². The number of ether oxygens (including phenoxy) is 1. The Morgan fingerprint density at radius 3 is 2.52 bits per heavy atom. The highest BCUT2D eigenvalue weighted by Crippen LogP contribution is 2.15. The first-order chi connectivity index (χ1) is 10.9. The maximum atomic E-state index is 12.2. The molecule has 136 valence electrons. The third-order valence-corrected chi connectivity index (χ3v) is 3.80. The molecule has 0 aliphatic carbocycles. The highest BCUT2D eigenvalue weighted by Gasteiger charge is 2.28. The van der Waals surface area contributed by atoms with Gasteiger partial charge in [0.2, 0.25) is 0 Å². The molecule has 0 aromatic heterocycles. The molecule has 1 heterocycles. The van der Waals surface area contributed by atoms with Crippen LogP contribution >= 0.6 is 0 Å². The number of piperidine rings is 1. The molecule has 1 saturated heterocycles. The molecule has 0 bridgehead atoms. The van der Waals surface area contributed by atoms with Crippen molar-refractivity contribution < 1.29 is 17.9 Å². The Morgan fingerprint density at radius 2 is 2.00 bits per heavy atom. The van der Waals surface area contributed by atoms with Crippen molar-refractivity contribution in [1.29, 1.82) is 0 Å². The van der Waals surface area contributed by atoms with Crippen LogP contribution in [0.3, 0.4) is 0 Å². The number of nitrogens with one attached hydrogen (secondary N) is 1. The number of aliphatic imine (C=N–C) groups is 1. The van der Waals surface area contributed by atoms with E-state index in [9.17, 15) is 13.2 Å². The molecule has 1 fully saturated rings. The van der Waals surface area contributed by atoms with Crippen molar-refractivity contribution >= 4 is 5.96 Å². The van der Waals surface area contributed by atoms with Gasteiger partial charge in [0, 0.05) is 33.3 Å². The summed E-state index contributed by atoms with van der Waals surface area (Å²) < 4.78 is 42.3. The van der Waals surface area contributed by atoms with Crippen LogP contribution in [-0.2, 0) is 4.74 Å². The van der Waals surface area contributed by atoms with Gasteiger partial charge in [-0.3, -0.25) is 9.89 Å². The van der Waals surface area contributed by atoms with E-state index in [0.29, 0.717) is 25.6 Å². The Bertz CT molecular complexity index is 355. The maximum Gasteiger partial charge on any atom is 0.401 e. The summed E-state index contributed by atoms with van der Waals surface area (Å²) in [4.78, 5) is 7.72. The largest absolute Gasteiger partial charge is 0.401 e. The van der Waals surface area contributed by atoms with Crippen LogP contribution in [-0.4, -0.2) is 81.5 Å². The van der Waals surface area contributed by atoms with Gasteiger partial charge in [-0.05, 0) is 39.8 Å². The smallest absolute Gasteiger partial charge is 0.378 e. The number of halogens is 3. The zero-order valence-electron chi connectivity index (χ0n) is 14.3. The molecule has 0 aromatic rings. The Morgan fingerprint density at radius 1 is 1.35 bits per heavy atom. The van der Waals surface area contributed by atoms with Crippen LogP contribution < -0.4 is 5.32 Å². The molecule has 0 saturated carbocycles. The summed E-state index contributed by atoms with van der Waals surface area (Å²) in [5, 5.41) is 3.23. The van der Waals surface area contributed by atoms with E-state index < -0.39 is 12.7 Å². The third kappa shape index (κ3) is 8.41. The van der Waals surface area contributed by atoms with E-state index in [2.05, 4.69) is 15.2 Å². The van der Waals surface area contributed by atoms with Crippen molar-refractivity contribution in [3.8, 4) is 0 Å². The summed E-state index contributed by atoms with van der Waals surface area (Å²) in [6, 6.07) is 0. The molecule has 0 radical (unpaired) electrons. The Labute approximate surface area is 136 Å². The van der Waals surface area contributed by atoms with Gasteiger partial charge in [0.15, 0.2) is 5.96 Å². The topological polar surface area (TPSA) is 40.1 Å². The number of alkyl halides is 3. The van der Waals surface area contributed by atoms with E-state index in [1.165, 1.54) is 11.9 Å². The van der Waals surface area contributed by atoms with Gasteiger partial charge in [0.1, 0.15) is 0 Å². The van der Waals surface area contributed by atoms with Gasteiger partial charge < -0.3 is 15.0 Å². The second kappa shape index (κ2) is 9.97. The van der Waals surface area contributed by atoms with Crippen molar-refractivity contribution in [2.75, 3.05) is 53.4 Å². The van der Waals surface area contributed by atoms with Gasteiger partial charge in [0.05, 0.1) is 12.6 Å². The van der Waals surface area contributed by atoms with Crippen LogP contribution in [0.25, 0.3) is 0 Å². The van der Waals surface area contributed by atoms with Crippen molar-refractivity contribution in [2.45, 2.75) is 38.5 Å². The van der Waals surface area contributed by atoms with Crippen LogP contribution in [0, 0.1) is 0 Å². The van der Waals surface area contributed by atoms with Crippen molar-refractivity contribution in [1.82, 2.24) is 15.1 Å². The maximum absolute atomic E-state index is 12.2. The van der Waals surface area contributed by atoms with Gasteiger partial charge in [-0.15, -0.1) is 0 Å². The van der Waals surface area contributed by atoms with E-state index in [1.807, 2.05) is 6.92 Å². The van der Waals surface area contributed by atoms with Gasteiger partial charge in [-0.2, -0.15) is 13.2 Å². The summed E-state index contributed by atoms with van der Waals surface area (Å²) in [7, 11) is 3.22. The lowest BCUT2D eigenvalue weighted by atomic mass is 10.1. The minimum Gasteiger partial charge on any atom is -0.378 e. The van der Waals surface area contributed by atoms with E-state index in [0.717, 1.165) is 38.5 Å². The lowest BCUT2D eigenvalue weighted by Gasteiger charge is -2.34. The monoisotopic (exact) mass is 338 g/mol. The third-order valence-electron chi connectivity index (χ3n) is 3.80. The molecule has 0 amide bonds. The van der Waals surface area contributed by atoms with E-state index in [-0.39, 0.29) is 0 Å². The number of hydrogen-bond donors (Lipinski definition) is 1. The molecule has 0 atom stereocenters. The van der Waals surface area contributed by atoms with Crippen LogP contribution in [0.1, 0.15) is 26.2 Å². The molecule has 1 N–H and O–H groups in total. The molecular formula is C15H29F3N4O. The van der Waals surface area contributed by atoms with Gasteiger partial charge >= 0.3 is 6.18 Å². The summed E-state index contributed by atoms with van der Waals surface area (Å²) >= 11 is 0. The summed E-state index contributed by atoms with van der Waals surface area (Å²) in [6.07, 6.45) is -1.22. The number of likely N-dealkylation sites (tertiary alicyclic amines) is 1. The summed E-state index contributed by atoms with van der Waals surface area (Å²) in [5.41, 5.74) is 0. The zero-order chi connectivity index (χ0) is 17.3. The van der Waals surface area contributed by atoms with Crippen molar-refractivity contribution in [2.24, 2.45) is 4.99 Å². The fourth-order valence-electron chi connectivity index (χ4n) is 2.74. The first-order valence-corrected chi connectivity index (χ1v) is 8.18. The highest BCUT2D eigenvalue weighted by atomic mass is 19.4. The van der Waals surface area contributed by atoms with Crippen molar-refractivity contribution in [3.05, 3.63) is 0 Å². The first-order valence-electron chi connectivity index (χ1n) is 8.18. The molecule has 0 unspecified atom stereocenters. The minimum absolute atomic E-state index is 0.324. The van der Waals surface area contributed by atoms with Gasteiger partial charge in [-0.25, -0.2) is 0 Å². The Kier molecular flexibility index (Phi) is 8.68. The number of rotatable bonds is 7. The Balaban J connectivity index is 2.22. The molecule has 8 heteroatoms. The number of guanidine groups is 1. The normalized spacial score (nSPS) is 17.9. The standard InChI is InChI=1S/C15H29F3N4O/c1-4-23-13-6-10-22(11-7-13)14(19-2)20-8-5-9-21(3)12-15(16,17)18/h13H,4-12H2,1-3H3,(H,19,20). The quantitative estimate of drug-likeness (QED) is 0.438. The molecular weight excluding hydrogens is 309 g/mol. The Hall–Kier alpha value is -1.02. The first kappa shape index (κ1) is 20.0. The number of nitrogens with zero attached hydrogens (tertiary/aromatic N) is 3. The van der Waals surface area contributed by atoms with Crippen LogP contribution in [0.2, 0.25) is 0 Å². The average Bonchev–Trinajstić information content (AvgIpc) is 2.47. The fraction of sp³-hybridized carbons (Fsp3) is 0.933. The van der Waals surface area contributed by atoms with Crippen LogP contribution in [0.15, 0.2) is 4.99 Å². The zero-order valence-corrected chi connectivity index (χ0v) is 14.3. The number of hydrogen-bond acceptors (Lipinski definition) is 3. The van der Waals surface area contributed by atoms with Gasteiger partial charge in [-0.1, -0.05) is 0 Å². The predicted molar refractivity (Wildman–Crippen MR) is 85.8 cm³/mol. The molecule has 1 rings (SSSR count). The van der Waals surface area contributed by atoms with E-state index in [4.69, 9.17) is 4.74 Å². The van der Waals surface area contributed by atoms with E-state index >= 15 is 0 Å². The highest BCUT2D eigenvalue weighted by molar-refractivity contribution is 5.79. The molecule has 0 aromatic carbocycles. The average molecular weight is 338 g/mol. The fourth-order valence-corrected chi connectivity index (χ4v) is 2.74. The predicted octanol–water partition coefficient (Wildman–Crippen LogP) is 1.95. The second-order valence-electron chi connectivity index (χ2n) is 5.82. The molecule has 1 aliphatic rings. The molecule has 23 heavy (non-hydrogen) atoms. The van der Waals surface area contributed by atoms with Gasteiger partial charge in [0.25, 0.3) is 0 Å². The van der Waals surface area contributed by atoms with Crippen LogP contribution in [0.5, 0.6) is 0 Å². The molecule has 5 nitrogen and oxygen atoms in total.